The first kappa shape index (κ1) is 54.8. The highest BCUT2D eigenvalue weighted by atomic mass is 16.5. The van der Waals surface area contributed by atoms with Crippen molar-refractivity contribution in [1.82, 2.24) is 34.5 Å². The van der Waals surface area contributed by atoms with Gasteiger partial charge in [0.25, 0.3) is 5.91 Å². The molecule has 0 unspecified atom stereocenters. The molecule has 2 fully saturated rings. The number of carboxylic acid groups (broad SMARTS) is 1. The normalized spacial score (nSPS) is 13.0. The highest BCUT2D eigenvalue weighted by Gasteiger charge is 2.20. The van der Waals surface area contributed by atoms with E-state index in [4.69, 9.17) is 40.5 Å². The van der Waals surface area contributed by atoms with Crippen LogP contribution in [0.3, 0.4) is 0 Å². The summed E-state index contributed by atoms with van der Waals surface area (Å²) in [6.45, 7) is 6.28. The molecule has 0 bridgehead atoms. The van der Waals surface area contributed by atoms with E-state index in [1.54, 1.807) is 48.5 Å². The Kier molecular flexibility index (Phi) is 19.3. The molecule has 6 heterocycles. The first-order valence-corrected chi connectivity index (χ1v) is 24.0. The molecule has 23 heteroatoms. The molecule has 23 nitrogen and oxygen atoms in total. The number of hydrogen-bond donors (Lipinski definition) is 9. The zero-order valence-electron chi connectivity index (χ0n) is 40.6. The van der Waals surface area contributed by atoms with Gasteiger partial charge in [-0.2, -0.15) is 0 Å². The summed E-state index contributed by atoms with van der Waals surface area (Å²) in [5.74, 6) is 1.60. The summed E-state index contributed by atoms with van der Waals surface area (Å²) in [5.41, 5.74) is 11.1. The van der Waals surface area contributed by atoms with Crippen molar-refractivity contribution in [1.29, 1.82) is 0 Å². The lowest BCUT2D eigenvalue weighted by atomic mass is 10.2. The van der Waals surface area contributed by atoms with Crippen LogP contribution < -0.4 is 42.1 Å². The number of nitrogens with one attached hydrogen (secondary N) is 5. The summed E-state index contributed by atoms with van der Waals surface area (Å²) in [7, 11) is 0. The van der Waals surface area contributed by atoms with E-state index in [2.05, 4.69) is 46.6 Å². The average molecular weight is 1040 g/mol. The fraction of sp³-hybridized carbons (Fsp3) is 0.245. The van der Waals surface area contributed by atoms with Crippen LogP contribution in [0.4, 0.5) is 44.0 Å². The van der Waals surface area contributed by atoms with E-state index in [0.29, 0.717) is 72.9 Å². The molecule has 4 aromatic carbocycles. The standard InChI is InChI=1S/C26H27N7O4.C24H22N6O4.C2H7NO.CH4/c34-15-11-27-25(35)19-5-9-21(10-6-19)29-26(36)28-20-7-3-18(4-8-20)23-30-24(32-13-16-37-17-14-32)22-2-1-12-33(22)31-23;31-23(32)17-5-9-19(10-6-17)26-24(33)25-18-7-3-16(4-8-18)21-27-22(29-12-14-34-15-13-29)20-2-1-11-30(20)28-21;3-1-2-4;/h1-10,12,34H,11,13-17H2,(H,27,35)(H2,28,29,36);1-11H,12-15H2,(H,31,32)(H2,25,26,33);4H,1-3H2;1H4. The Hall–Kier alpha value is -9.00. The van der Waals surface area contributed by atoms with Crippen molar-refractivity contribution in [3.8, 4) is 22.8 Å². The molecule has 396 valence electrons. The lowest BCUT2D eigenvalue weighted by molar-refractivity contribution is 0.0696. The first-order chi connectivity index (χ1) is 36.6. The van der Waals surface area contributed by atoms with Gasteiger partial charge in [0.1, 0.15) is 11.0 Å². The summed E-state index contributed by atoms with van der Waals surface area (Å²) < 4.78 is 14.6. The van der Waals surface area contributed by atoms with E-state index in [9.17, 15) is 19.2 Å². The minimum Gasteiger partial charge on any atom is -0.478 e. The van der Waals surface area contributed by atoms with Crippen molar-refractivity contribution in [2.24, 2.45) is 5.73 Å². The summed E-state index contributed by atoms with van der Waals surface area (Å²) in [5, 5.41) is 48.4. The fourth-order valence-electron chi connectivity index (χ4n) is 7.76. The van der Waals surface area contributed by atoms with Crippen LogP contribution in [0.5, 0.6) is 0 Å². The van der Waals surface area contributed by atoms with Gasteiger partial charge in [-0.1, -0.05) is 7.43 Å². The Morgan fingerprint density at radius 3 is 1.26 bits per heavy atom. The second-order valence-electron chi connectivity index (χ2n) is 16.7. The highest BCUT2D eigenvalue weighted by molar-refractivity contribution is 6.01. The van der Waals surface area contributed by atoms with Crippen LogP contribution in [0.1, 0.15) is 28.1 Å². The molecule has 0 atom stereocenters. The summed E-state index contributed by atoms with van der Waals surface area (Å²) >= 11 is 0. The van der Waals surface area contributed by atoms with Gasteiger partial charge in [-0.25, -0.2) is 33.4 Å². The van der Waals surface area contributed by atoms with E-state index in [1.165, 1.54) is 24.3 Å². The summed E-state index contributed by atoms with van der Waals surface area (Å²) in [6, 6.07) is 34.0. The maximum absolute atomic E-state index is 12.5. The number of ether oxygens (including phenoxy) is 2. The van der Waals surface area contributed by atoms with Crippen LogP contribution in [0, 0.1) is 0 Å². The number of urea groups is 2. The molecule has 10 rings (SSSR count). The number of aromatic nitrogens is 6. The van der Waals surface area contributed by atoms with Gasteiger partial charge in [-0.15, -0.1) is 10.2 Å². The summed E-state index contributed by atoms with van der Waals surface area (Å²) in [6.07, 6.45) is 3.80. The van der Waals surface area contributed by atoms with E-state index in [-0.39, 0.29) is 38.7 Å². The molecule has 2 aliphatic rings. The number of nitrogens with two attached hydrogens (primary N) is 1. The number of aliphatic hydroxyl groups excluding tert-OH is 2. The molecule has 5 amide bonds. The largest absolute Gasteiger partial charge is 0.478 e. The third kappa shape index (κ3) is 14.4. The number of carbonyl (C=O) groups excluding carboxylic acids is 3. The molecule has 0 radical (unpaired) electrons. The Balaban J connectivity index is 0.000000205. The molecule has 76 heavy (non-hydrogen) atoms. The highest BCUT2D eigenvalue weighted by Crippen LogP contribution is 2.27. The Bertz CT molecular complexity index is 3170. The number of nitrogens with zero attached hydrogens (tertiary/aromatic N) is 8. The smallest absolute Gasteiger partial charge is 0.335 e. The van der Waals surface area contributed by atoms with E-state index in [0.717, 1.165) is 60.0 Å². The van der Waals surface area contributed by atoms with Gasteiger partial charge in [0.2, 0.25) is 0 Å². The lowest BCUT2D eigenvalue weighted by Crippen LogP contribution is -2.37. The number of carboxylic acids is 1. The number of fused-ring (bicyclic) bond motifs is 2. The second-order valence-corrected chi connectivity index (χ2v) is 16.7. The number of hydrogen-bond acceptors (Lipinski definition) is 15. The van der Waals surface area contributed by atoms with Crippen LogP contribution in [0.2, 0.25) is 0 Å². The van der Waals surface area contributed by atoms with Crippen molar-refractivity contribution in [3.05, 3.63) is 145 Å². The molecule has 4 aromatic heterocycles. The molecule has 0 saturated carbocycles. The molecule has 2 aliphatic heterocycles. The number of aliphatic hydroxyl groups is 2. The van der Waals surface area contributed by atoms with Gasteiger partial charge in [-0.3, -0.25) is 4.79 Å². The van der Waals surface area contributed by atoms with Gasteiger partial charge in [-0.05, 0) is 121 Å². The van der Waals surface area contributed by atoms with Crippen molar-refractivity contribution in [3.63, 3.8) is 0 Å². The lowest BCUT2D eigenvalue weighted by Gasteiger charge is -2.28. The van der Waals surface area contributed by atoms with Crippen LogP contribution >= 0.6 is 0 Å². The van der Waals surface area contributed by atoms with E-state index >= 15 is 0 Å². The van der Waals surface area contributed by atoms with Crippen LogP contribution in [-0.2, 0) is 9.47 Å². The number of aromatic carboxylic acids is 1. The van der Waals surface area contributed by atoms with Gasteiger partial charge in [0.15, 0.2) is 23.3 Å². The van der Waals surface area contributed by atoms with Crippen LogP contribution in [-0.4, -0.2) is 147 Å². The van der Waals surface area contributed by atoms with Crippen molar-refractivity contribution >= 4 is 69.4 Å². The van der Waals surface area contributed by atoms with Gasteiger partial charge < -0.3 is 66.9 Å². The number of carbonyl (C=O) groups is 4. The summed E-state index contributed by atoms with van der Waals surface area (Å²) in [4.78, 5) is 61.7. The number of morpholine rings is 2. The topological polar surface area (TPSA) is 300 Å². The van der Waals surface area contributed by atoms with Gasteiger partial charge in [0.05, 0.1) is 45.2 Å². The van der Waals surface area contributed by atoms with Crippen LogP contribution in [0.15, 0.2) is 134 Å². The van der Waals surface area contributed by atoms with Crippen LogP contribution in [0.25, 0.3) is 33.8 Å². The van der Waals surface area contributed by atoms with Crippen molar-refractivity contribution in [2.75, 3.05) is 110 Å². The molecule has 0 aliphatic carbocycles. The predicted molar refractivity (Wildman–Crippen MR) is 290 cm³/mol. The first-order valence-electron chi connectivity index (χ1n) is 24.0. The van der Waals surface area contributed by atoms with Crippen molar-refractivity contribution in [2.45, 2.75) is 7.43 Å². The maximum atomic E-state index is 12.5. The predicted octanol–water partition coefficient (Wildman–Crippen LogP) is 5.75. The molecule has 10 N–H and O–H groups in total. The molecular formula is C53H60N14O9. The third-order valence-corrected chi connectivity index (χ3v) is 11.5. The number of rotatable bonds is 13. The monoisotopic (exact) mass is 1040 g/mol. The SMILES string of the molecule is C.NCCO.O=C(Nc1ccc(C(=O)NCCO)cc1)Nc1ccc(-c2nc(N3CCOCC3)c3cccn3n2)cc1.O=C(Nc1ccc(C(=O)O)cc1)Nc1ccc(-c2nc(N3CCOCC3)c3cccn3n2)cc1. The molecule has 0 spiro atoms. The van der Waals surface area contributed by atoms with Crippen molar-refractivity contribution < 1.29 is 44.0 Å². The quantitative estimate of drug-likeness (QED) is 0.0664. The Morgan fingerprint density at radius 2 is 0.908 bits per heavy atom. The maximum Gasteiger partial charge on any atom is 0.335 e. The third-order valence-electron chi connectivity index (χ3n) is 11.5. The minimum atomic E-state index is -1.02. The fourth-order valence-corrected chi connectivity index (χ4v) is 7.76. The van der Waals surface area contributed by atoms with E-state index < -0.39 is 18.0 Å². The Labute approximate surface area is 437 Å². The second kappa shape index (κ2) is 26.8. The molecular weight excluding hydrogens is 977 g/mol. The zero-order valence-corrected chi connectivity index (χ0v) is 40.6. The van der Waals surface area contributed by atoms with Gasteiger partial charge in [0, 0.05) is 91.1 Å². The molecule has 8 aromatic rings. The zero-order chi connectivity index (χ0) is 52.5. The van der Waals surface area contributed by atoms with E-state index in [1.807, 2.05) is 70.0 Å². The minimum absolute atomic E-state index is 0. The number of benzene rings is 4. The number of anilines is 6. The average Bonchev–Trinajstić information content (AvgIpc) is 4.14. The van der Waals surface area contributed by atoms with Gasteiger partial charge >= 0.3 is 18.0 Å². The number of amides is 5. The molecule has 2 saturated heterocycles. The Morgan fingerprint density at radius 1 is 0.539 bits per heavy atom.